The number of ether oxygens (including phenoxy) is 1. The molecule has 0 aliphatic carbocycles. The molecule has 134 valence electrons. The Labute approximate surface area is 155 Å². The molecule has 1 saturated heterocycles. The zero-order valence-corrected chi connectivity index (χ0v) is 14.7. The number of nitrogens with one attached hydrogen (secondary N) is 1. The summed E-state index contributed by atoms with van der Waals surface area (Å²) in [7, 11) is 0. The van der Waals surface area contributed by atoms with Crippen molar-refractivity contribution in [3.05, 3.63) is 64.4 Å². The molecule has 1 unspecified atom stereocenters. The van der Waals surface area contributed by atoms with E-state index in [0.717, 1.165) is 5.56 Å². The van der Waals surface area contributed by atoms with Crippen LogP contribution in [0.5, 0.6) is 0 Å². The fraction of sp³-hybridized carbons (Fsp3) is 0.263. The number of hydrogen-bond donors (Lipinski definition) is 1. The Morgan fingerprint density at radius 1 is 1.35 bits per heavy atom. The van der Waals surface area contributed by atoms with E-state index >= 15 is 0 Å². The molecule has 1 heterocycles. The number of benzene rings is 2. The number of halogens is 2. The third-order valence-corrected chi connectivity index (χ3v) is 4.45. The van der Waals surface area contributed by atoms with Gasteiger partial charge in [0.1, 0.15) is 11.9 Å². The van der Waals surface area contributed by atoms with Crippen molar-refractivity contribution in [3.63, 3.8) is 0 Å². The van der Waals surface area contributed by atoms with Gasteiger partial charge in [0.25, 0.3) is 0 Å². The van der Waals surface area contributed by atoms with Gasteiger partial charge in [0.15, 0.2) is 0 Å². The summed E-state index contributed by atoms with van der Waals surface area (Å²) in [6.45, 7) is 1.89. The predicted octanol–water partition coefficient (Wildman–Crippen LogP) is 3.36. The van der Waals surface area contributed by atoms with Gasteiger partial charge in [0.05, 0.1) is 29.8 Å². The minimum atomic E-state index is -0.290. The minimum absolute atomic E-state index is 0.175. The number of rotatable bonds is 4. The number of nitriles is 1. The topological polar surface area (TPSA) is 65.4 Å². The number of amides is 1. The Morgan fingerprint density at radius 3 is 2.81 bits per heavy atom. The lowest BCUT2D eigenvalue weighted by molar-refractivity contribution is -0.119. The summed E-state index contributed by atoms with van der Waals surface area (Å²) in [5.41, 5.74) is 1.79. The first-order chi connectivity index (χ1) is 12.5. The Hall–Kier alpha value is -2.46. The highest BCUT2D eigenvalue weighted by Crippen LogP contribution is 2.23. The van der Waals surface area contributed by atoms with Gasteiger partial charge in [-0.25, -0.2) is 4.39 Å². The SMILES string of the molecule is N#Cc1ccc(NC(=O)CN2CCOC(c3ccc(F)cc3)C2)cc1Cl. The van der Waals surface area contributed by atoms with Crippen molar-refractivity contribution in [1.29, 1.82) is 5.26 Å². The van der Waals surface area contributed by atoms with Crippen LogP contribution < -0.4 is 5.32 Å². The van der Waals surface area contributed by atoms with Crippen molar-refractivity contribution >= 4 is 23.2 Å². The van der Waals surface area contributed by atoms with Crippen LogP contribution in [0.3, 0.4) is 0 Å². The fourth-order valence-corrected chi connectivity index (χ4v) is 3.04. The molecule has 0 radical (unpaired) electrons. The lowest BCUT2D eigenvalue weighted by Gasteiger charge is -2.32. The highest BCUT2D eigenvalue weighted by atomic mass is 35.5. The highest BCUT2D eigenvalue weighted by molar-refractivity contribution is 6.32. The molecule has 1 aliphatic rings. The maximum absolute atomic E-state index is 13.1. The number of anilines is 1. The first-order valence-electron chi connectivity index (χ1n) is 8.14. The maximum Gasteiger partial charge on any atom is 0.238 e. The Morgan fingerprint density at radius 2 is 2.12 bits per heavy atom. The van der Waals surface area contributed by atoms with Crippen LogP contribution in [0.2, 0.25) is 5.02 Å². The molecule has 1 aliphatic heterocycles. The molecule has 1 atom stereocenters. The van der Waals surface area contributed by atoms with Gasteiger partial charge in [-0.15, -0.1) is 0 Å². The third kappa shape index (κ3) is 4.58. The molecular formula is C19H17ClFN3O2. The van der Waals surface area contributed by atoms with Gasteiger partial charge in [0.2, 0.25) is 5.91 Å². The molecule has 2 aromatic rings. The Kier molecular flexibility index (Phi) is 5.84. The number of carbonyl (C=O) groups excluding carboxylic acids is 1. The van der Waals surface area contributed by atoms with Gasteiger partial charge < -0.3 is 10.1 Å². The van der Waals surface area contributed by atoms with E-state index in [4.69, 9.17) is 21.6 Å². The zero-order chi connectivity index (χ0) is 18.5. The Bertz CT molecular complexity index is 836. The van der Waals surface area contributed by atoms with Crippen LogP contribution in [0.1, 0.15) is 17.2 Å². The van der Waals surface area contributed by atoms with Gasteiger partial charge in [-0.1, -0.05) is 23.7 Å². The summed E-state index contributed by atoms with van der Waals surface area (Å²) >= 11 is 5.98. The minimum Gasteiger partial charge on any atom is -0.371 e. The second-order valence-corrected chi connectivity index (χ2v) is 6.41. The van der Waals surface area contributed by atoms with Crippen molar-refractivity contribution in [2.45, 2.75) is 6.10 Å². The molecular weight excluding hydrogens is 357 g/mol. The number of morpholine rings is 1. The number of nitrogens with zero attached hydrogens (tertiary/aromatic N) is 2. The van der Waals surface area contributed by atoms with Crippen LogP contribution in [0.15, 0.2) is 42.5 Å². The van der Waals surface area contributed by atoms with E-state index in [0.29, 0.717) is 36.0 Å². The third-order valence-electron chi connectivity index (χ3n) is 4.13. The lowest BCUT2D eigenvalue weighted by Crippen LogP contribution is -2.42. The van der Waals surface area contributed by atoms with Crippen LogP contribution in [0.4, 0.5) is 10.1 Å². The molecule has 0 aromatic heterocycles. The van der Waals surface area contributed by atoms with Crippen molar-refractivity contribution in [2.75, 3.05) is 31.6 Å². The van der Waals surface area contributed by atoms with Gasteiger partial charge in [0, 0.05) is 18.8 Å². The largest absolute Gasteiger partial charge is 0.371 e. The van der Waals surface area contributed by atoms with Crippen molar-refractivity contribution in [2.24, 2.45) is 0 Å². The van der Waals surface area contributed by atoms with E-state index < -0.39 is 0 Å². The first kappa shape index (κ1) is 18.3. The molecule has 0 bridgehead atoms. The van der Waals surface area contributed by atoms with Gasteiger partial charge >= 0.3 is 0 Å². The molecule has 7 heteroatoms. The van der Waals surface area contributed by atoms with E-state index in [2.05, 4.69) is 5.32 Å². The summed E-state index contributed by atoms with van der Waals surface area (Å²) < 4.78 is 18.8. The van der Waals surface area contributed by atoms with Gasteiger partial charge in [-0.2, -0.15) is 5.26 Å². The summed E-state index contributed by atoms with van der Waals surface area (Å²) in [4.78, 5) is 14.3. The van der Waals surface area contributed by atoms with E-state index in [9.17, 15) is 9.18 Å². The molecule has 0 spiro atoms. The molecule has 0 saturated carbocycles. The summed E-state index contributed by atoms with van der Waals surface area (Å²) in [6.07, 6.45) is -0.193. The van der Waals surface area contributed by atoms with Gasteiger partial charge in [-0.3, -0.25) is 9.69 Å². The quantitative estimate of drug-likeness (QED) is 0.892. The molecule has 1 fully saturated rings. The number of carbonyl (C=O) groups is 1. The smallest absolute Gasteiger partial charge is 0.238 e. The van der Waals surface area contributed by atoms with Crippen molar-refractivity contribution in [1.82, 2.24) is 4.90 Å². The van der Waals surface area contributed by atoms with E-state index in [-0.39, 0.29) is 24.4 Å². The zero-order valence-electron chi connectivity index (χ0n) is 13.9. The van der Waals surface area contributed by atoms with E-state index in [1.807, 2.05) is 11.0 Å². The van der Waals surface area contributed by atoms with Crippen LogP contribution in [0.25, 0.3) is 0 Å². The van der Waals surface area contributed by atoms with Crippen LogP contribution in [-0.2, 0) is 9.53 Å². The van der Waals surface area contributed by atoms with E-state index in [1.54, 1.807) is 30.3 Å². The average Bonchev–Trinajstić information content (AvgIpc) is 2.62. The monoisotopic (exact) mass is 373 g/mol. The second-order valence-electron chi connectivity index (χ2n) is 6.00. The number of hydrogen-bond acceptors (Lipinski definition) is 4. The molecule has 1 N–H and O–H groups in total. The maximum atomic E-state index is 13.1. The summed E-state index contributed by atoms with van der Waals surface area (Å²) in [5.74, 6) is -0.465. The molecule has 5 nitrogen and oxygen atoms in total. The van der Waals surface area contributed by atoms with Crippen LogP contribution in [-0.4, -0.2) is 37.0 Å². The highest BCUT2D eigenvalue weighted by Gasteiger charge is 2.23. The fourth-order valence-electron chi connectivity index (χ4n) is 2.81. The van der Waals surface area contributed by atoms with Crippen LogP contribution >= 0.6 is 11.6 Å². The molecule has 26 heavy (non-hydrogen) atoms. The van der Waals surface area contributed by atoms with E-state index in [1.165, 1.54) is 12.1 Å². The standard InChI is InChI=1S/C19H17ClFN3O2/c20-17-9-16(6-3-14(17)10-22)23-19(25)12-24-7-8-26-18(11-24)13-1-4-15(21)5-2-13/h1-6,9,18H,7-8,11-12H2,(H,23,25). The average molecular weight is 374 g/mol. The van der Waals surface area contributed by atoms with Crippen molar-refractivity contribution < 1.29 is 13.9 Å². The van der Waals surface area contributed by atoms with Crippen LogP contribution in [0, 0.1) is 17.1 Å². The summed E-state index contributed by atoms with van der Waals surface area (Å²) in [5, 5.41) is 12.0. The predicted molar refractivity (Wildman–Crippen MR) is 96.3 cm³/mol. The first-order valence-corrected chi connectivity index (χ1v) is 8.52. The molecule has 2 aromatic carbocycles. The lowest BCUT2D eigenvalue weighted by atomic mass is 10.1. The van der Waals surface area contributed by atoms with Gasteiger partial charge in [-0.05, 0) is 35.9 Å². The Balaban J connectivity index is 1.58. The summed E-state index contributed by atoms with van der Waals surface area (Å²) in [6, 6.07) is 12.9. The normalized spacial score (nSPS) is 17.5. The molecule has 3 rings (SSSR count). The second kappa shape index (κ2) is 8.28. The molecule has 1 amide bonds. The van der Waals surface area contributed by atoms with Crippen molar-refractivity contribution in [3.8, 4) is 6.07 Å².